The summed E-state index contributed by atoms with van der Waals surface area (Å²) in [4.78, 5) is 26.0. The van der Waals surface area contributed by atoms with Crippen LogP contribution in [0.2, 0.25) is 0 Å². The molecule has 6 nitrogen and oxygen atoms in total. The SMILES string of the molecule is CCCn1nc2c(cc1=O)CN([C@H]1C[C@@H](C)OC1=O)CC2. The van der Waals surface area contributed by atoms with Crippen molar-refractivity contribution in [2.45, 2.75) is 58.3 Å². The normalized spacial score (nSPS) is 25.7. The van der Waals surface area contributed by atoms with Crippen molar-refractivity contribution in [3.8, 4) is 0 Å². The maximum Gasteiger partial charge on any atom is 0.323 e. The zero-order chi connectivity index (χ0) is 15.0. The van der Waals surface area contributed by atoms with Crippen LogP contribution in [0.15, 0.2) is 10.9 Å². The van der Waals surface area contributed by atoms with Gasteiger partial charge in [-0.15, -0.1) is 0 Å². The van der Waals surface area contributed by atoms with Gasteiger partial charge in [0, 0.05) is 38.5 Å². The van der Waals surface area contributed by atoms with Crippen LogP contribution in [-0.2, 0) is 29.0 Å². The lowest BCUT2D eigenvalue weighted by Crippen LogP contribution is -2.43. The first-order valence-corrected chi connectivity index (χ1v) is 7.63. The summed E-state index contributed by atoms with van der Waals surface area (Å²) in [5.74, 6) is -0.141. The van der Waals surface area contributed by atoms with Crippen LogP contribution in [0.1, 0.15) is 37.9 Å². The van der Waals surface area contributed by atoms with E-state index in [0.717, 1.165) is 37.1 Å². The third-order valence-electron chi connectivity index (χ3n) is 4.19. The van der Waals surface area contributed by atoms with Crippen LogP contribution in [0.25, 0.3) is 0 Å². The highest BCUT2D eigenvalue weighted by molar-refractivity contribution is 5.78. The summed E-state index contributed by atoms with van der Waals surface area (Å²) >= 11 is 0. The third-order valence-corrected chi connectivity index (χ3v) is 4.19. The maximum atomic E-state index is 12.0. The Bertz CT molecular complexity index is 611. The van der Waals surface area contributed by atoms with Crippen LogP contribution in [0.3, 0.4) is 0 Å². The lowest BCUT2D eigenvalue weighted by molar-refractivity contribution is -0.145. The molecule has 2 aliphatic heterocycles. The Labute approximate surface area is 123 Å². The fourth-order valence-electron chi connectivity index (χ4n) is 3.13. The number of fused-ring (bicyclic) bond motifs is 1. The topological polar surface area (TPSA) is 64.4 Å². The summed E-state index contributed by atoms with van der Waals surface area (Å²) in [5.41, 5.74) is 1.88. The van der Waals surface area contributed by atoms with Crippen molar-refractivity contribution in [3.63, 3.8) is 0 Å². The summed E-state index contributed by atoms with van der Waals surface area (Å²) in [5, 5.41) is 4.46. The lowest BCUT2D eigenvalue weighted by Gasteiger charge is -2.31. The molecule has 0 bridgehead atoms. The van der Waals surface area contributed by atoms with Gasteiger partial charge in [0.05, 0.1) is 5.69 Å². The second-order valence-corrected chi connectivity index (χ2v) is 5.90. The average molecular weight is 291 g/mol. The molecule has 6 heteroatoms. The zero-order valence-electron chi connectivity index (χ0n) is 12.5. The minimum atomic E-state index is -0.175. The minimum Gasteiger partial charge on any atom is -0.461 e. The summed E-state index contributed by atoms with van der Waals surface area (Å²) in [6, 6.07) is 1.50. The first-order chi connectivity index (χ1) is 10.1. The number of esters is 1. The Morgan fingerprint density at radius 2 is 2.24 bits per heavy atom. The van der Waals surface area contributed by atoms with E-state index in [1.807, 2.05) is 13.8 Å². The lowest BCUT2D eigenvalue weighted by atomic mass is 10.0. The molecule has 0 amide bonds. The fourth-order valence-corrected chi connectivity index (χ4v) is 3.13. The molecule has 0 spiro atoms. The Morgan fingerprint density at radius 3 is 2.90 bits per heavy atom. The molecule has 1 aromatic rings. The molecule has 0 aromatic carbocycles. The Balaban J connectivity index is 1.81. The van der Waals surface area contributed by atoms with E-state index >= 15 is 0 Å². The number of hydrogen-bond acceptors (Lipinski definition) is 5. The molecule has 0 aliphatic carbocycles. The number of cyclic esters (lactones) is 1. The van der Waals surface area contributed by atoms with Gasteiger partial charge in [-0.25, -0.2) is 4.68 Å². The van der Waals surface area contributed by atoms with Gasteiger partial charge < -0.3 is 4.74 Å². The summed E-state index contributed by atoms with van der Waals surface area (Å²) in [6.07, 6.45) is 2.38. The number of ether oxygens (including phenoxy) is 1. The zero-order valence-corrected chi connectivity index (χ0v) is 12.5. The van der Waals surface area contributed by atoms with Gasteiger partial charge in [0.2, 0.25) is 0 Å². The molecule has 1 saturated heterocycles. The molecule has 0 saturated carbocycles. The Kier molecular flexibility index (Phi) is 3.80. The summed E-state index contributed by atoms with van der Waals surface area (Å²) in [6.45, 7) is 6.00. The smallest absolute Gasteiger partial charge is 0.323 e. The van der Waals surface area contributed by atoms with Crippen LogP contribution >= 0.6 is 0 Å². The van der Waals surface area contributed by atoms with Crippen LogP contribution in [0.4, 0.5) is 0 Å². The van der Waals surface area contributed by atoms with Gasteiger partial charge in [-0.3, -0.25) is 14.5 Å². The molecule has 114 valence electrons. The molecule has 3 heterocycles. The molecular weight excluding hydrogens is 270 g/mol. The van der Waals surface area contributed by atoms with Crippen molar-refractivity contribution < 1.29 is 9.53 Å². The van der Waals surface area contributed by atoms with Gasteiger partial charge >= 0.3 is 5.97 Å². The maximum absolute atomic E-state index is 12.0. The quantitative estimate of drug-likeness (QED) is 0.768. The molecule has 0 N–H and O–H groups in total. The van der Waals surface area contributed by atoms with Gasteiger partial charge in [-0.2, -0.15) is 5.10 Å². The molecule has 3 rings (SSSR count). The minimum absolute atomic E-state index is 0.0143. The predicted molar refractivity (Wildman–Crippen MR) is 76.9 cm³/mol. The Hall–Kier alpha value is -1.69. The van der Waals surface area contributed by atoms with Crippen LogP contribution in [0, 0.1) is 0 Å². The van der Waals surface area contributed by atoms with Gasteiger partial charge in [0.1, 0.15) is 12.1 Å². The fraction of sp³-hybridized carbons (Fsp3) is 0.667. The molecule has 0 unspecified atom stereocenters. The first kappa shape index (κ1) is 14.3. The largest absolute Gasteiger partial charge is 0.461 e. The molecule has 1 aromatic heterocycles. The second-order valence-electron chi connectivity index (χ2n) is 5.90. The van der Waals surface area contributed by atoms with Crippen LogP contribution < -0.4 is 5.56 Å². The third kappa shape index (κ3) is 2.72. The van der Waals surface area contributed by atoms with Crippen molar-refractivity contribution in [1.29, 1.82) is 0 Å². The summed E-state index contributed by atoms with van der Waals surface area (Å²) in [7, 11) is 0. The number of nitrogens with zero attached hydrogens (tertiary/aromatic N) is 3. The standard InChI is InChI=1S/C15H21N3O3/c1-3-5-18-14(19)8-11-9-17(6-4-12(11)16-18)13-7-10(2)21-15(13)20/h8,10,13H,3-7,9H2,1-2H3/t10-,13+/m1/s1. The number of carbonyl (C=O) groups is 1. The highest BCUT2D eigenvalue weighted by atomic mass is 16.6. The van der Waals surface area contributed by atoms with Gasteiger partial charge in [-0.05, 0) is 18.9 Å². The van der Waals surface area contributed by atoms with E-state index in [2.05, 4.69) is 10.00 Å². The van der Waals surface area contributed by atoms with Gasteiger partial charge in [-0.1, -0.05) is 6.92 Å². The molecule has 2 aliphatic rings. The summed E-state index contributed by atoms with van der Waals surface area (Å²) < 4.78 is 6.77. The van der Waals surface area contributed by atoms with Crippen molar-refractivity contribution in [2.75, 3.05) is 6.54 Å². The van der Waals surface area contributed by atoms with E-state index in [1.165, 1.54) is 0 Å². The number of aryl methyl sites for hydroxylation is 1. The van der Waals surface area contributed by atoms with E-state index in [1.54, 1.807) is 10.7 Å². The molecule has 0 radical (unpaired) electrons. The number of aromatic nitrogens is 2. The average Bonchev–Trinajstić information content (AvgIpc) is 2.78. The molecule has 1 fully saturated rings. The van der Waals surface area contributed by atoms with Gasteiger partial charge in [0.15, 0.2) is 0 Å². The van der Waals surface area contributed by atoms with E-state index in [0.29, 0.717) is 13.1 Å². The predicted octanol–water partition coefficient (Wildman–Crippen LogP) is 0.715. The van der Waals surface area contributed by atoms with E-state index < -0.39 is 0 Å². The molecule has 21 heavy (non-hydrogen) atoms. The van der Waals surface area contributed by atoms with E-state index in [9.17, 15) is 9.59 Å². The van der Waals surface area contributed by atoms with Crippen molar-refractivity contribution in [3.05, 3.63) is 27.7 Å². The van der Waals surface area contributed by atoms with Gasteiger partial charge in [0.25, 0.3) is 5.56 Å². The Morgan fingerprint density at radius 1 is 1.43 bits per heavy atom. The monoisotopic (exact) mass is 291 g/mol. The van der Waals surface area contributed by atoms with E-state index in [4.69, 9.17) is 4.74 Å². The van der Waals surface area contributed by atoms with Crippen LogP contribution in [-0.4, -0.2) is 39.3 Å². The number of carbonyl (C=O) groups excluding carboxylic acids is 1. The highest BCUT2D eigenvalue weighted by Gasteiger charge is 2.37. The van der Waals surface area contributed by atoms with E-state index in [-0.39, 0.29) is 23.7 Å². The van der Waals surface area contributed by atoms with Crippen molar-refractivity contribution >= 4 is 5.97 Å². The van der Waals surface area contributed by atoms with Crippen molar-refractivity contribution in [2.24, 2.45) is 0 Å². The number of hydrogen-bond donors (Lipinski definition) is 0. The highest BCUT2D eigenvalue weighted by Crippen LogP contribution is 2.25. The van der Waals surface area contributed by atoms with Crippen molar-refractivity contribution in [1.82, 2.24) is 14.7 Å². The number of rotatable bonds is 3. The van der Waals surface area contributed by atoms with Crippen LogP contribution in [0.5, 0.6) is 0 Å². The second kappa shape index (κ2) is 5.60. The molecular formula is C15H21N3O3. The molecule has 2 atom stereocenters. The first-order valence-electron chi connectivity index (χ1n) is 7.63.